The third-order valence-electron chi connectivity index (χ3n) is 2.82. The summed E-state index contributed by atoms with van der Waals surface area (Å²) in [6, 6.07) is -0.0359. The van der Waals surface area contributed by atoms with E-state index >= 15 is 0 Å². The van der Waals surface area contributed by atoms with Crippen LogP contribution in [-0.4, -0.2) is 25.2 Å². The zero-order chi connectivity index (χ0) is 8.60. The van der Waals surface area contributed by atoms with Gasteiger partial charge >= 0.3 is 5.97 Å². The van der Waals surface area contributed by atoms with Crippen LogP contribution < -0.4 is 5.32 Å². The van der Waals surface area contributed by atoms with E-state index in [0.29, 0.717) is 12.0 Å². The van der Waals surface area contributed by atoms with Crippen LogP contribution in [0, 0.1) is 5.41 Å². The Morgan fingerprint density at radius 3 is 3.00 bits per heavy atom. The molecule has 2 rings (SSSR count). The van der Waals surface area contributed by atoms with Crippen molar-refractivity contribution in [2.75, 3.05) is 13.2 Å². The Labute approximate surface area is 72.5 Å². The summed E-state index contributed by atoms with van der Waals surface area (Å²) in [5.41, 5.74) is 0.425. The lowest BCUT2D eigenvalue weighted by molar-refractivity contribution is -0.150. The van der Waals surface area contributed by atoms with Crippen LogP contribution >= 0.6 is 0 Å². The number of hydrogen-bond acceptors (Lipinski definition) is 3. The molecule has 0 bridgehead atoms. The highest BCUT2D eigenvalue weighted by molar-refractivity contribution is 5.76. The third-order valence-corrected chi connectivity index (χ3v) is 2.82. The van der Waals surface area contributed by atoms with Gasteiger partial charge in [-0.05, 0) is 24.7 Å². The van der Waals surface area contributed by atoms with Crippen molar-refractivity contribution in [1.82, 2.24) is 5.32 Å². The molecule has 3 heteroatoms. The number of cyclic esters (lactones) is 1. The van der Waals surface area contributed by atoms with Gasteiger partial charge in [0.15, 0.2) is 0 Å². The summed E-state index contributed by atoms with van der Waals surface area (Å²) in [4.78, 5) is 11.2. The molecule has 0 aromatic heterocycles. The fourth-order valence-corrected chi connectivity index (χ4v) is 1.63. The first-order chi connectivity index (χ1) is 5.70. The summed E-state index contributed by atoms with van der Waals surface area (Å²) < 4.78 is 4.96. The molecule has 1 saturated heterocycles. The van der Waals surface area contributed by atoms with Crippen molar-refractivity contribution < 1.29 is 9.53 Å². The van der Waals surface area contributed by atoms with E-state index in [1.165, 1.54) is 12.8 Å². The van der Waals surface area contributed by atoms with Gasteiger partial charge in [0.25, 0.3) is 0 Å². The molecule has 1 heterocycles. The van der Waals surface area contributed by atoms with E-state index in [0.717, 1.165) is 13.0 Å². The largest absolute Gasteiger partial charge is 0.463 e. The molecule has 2 aliphatic rings. The highest BCUT2D eigenvalue weighted by Gasteiger charge is 2.41. The molecular formula is C9H15NO2. The predicted octanol–water partition coefficient (Wildman–Crippen LogP) is 0.692. The molecule has 2 fully saturated rings. The van der Waals surface area contributed by atoms with Crippen LogP contribution in [0.2, 0.25) is 0 Å². The first kappa shape index (κ1) is 8.05. The van der Waals surface area contributed by atoms with Crippen molar-refractivity contribution in [2.45, 2.75) is 32.2 Å². The molecule has 1 saturated carbocycles. The minimum absolute atomic E-state index is 0.0359. The van der Waals surface area contributed by atoms with Crippen molar-refractivity contribution >= 4 is 5.97 Å². The molecule has 0 aromatic carbocycles. The molecule has 0 radical (unpaired) electrons. The van der Waals surface area contributed by atoms with E-state index in [1.54, 1.807) is 0 Å². The summed E-state index contributed by atoms with van der Waals surface area (Å²) in [5, 5.41) is 3.19. The number of morpholine rings is 1. The fraction of sp³-hybridized carbons (Fsp3) is 0.889. The van der Waals surface area contributed by atoms with Gasteiger partial charge in [0.1, 0.15) is 12.6 Å². The molecule has 0 aromatic rings. The van der Waals surface area contributed by atoms with E-state index in [2.05, 4.69) is 12.2 Å². The van der Waals surface area contributed by atoms with Gasteiger partial charge in [0.05, 0.1) is 0 Å². The molecule has 1 aliphatic carbocycles. The van der Waals surface area contributed by atoms with Crippen molar-refractivity contribution in [3.63, 3.8) is 0 Å². The number of carbonyl (C=O) groups is 1. The SMILES string of the molecule is CC1(CC2NCCOC2=O)CC1. The topological polar surface area (TPSA) is 38.3 Å². The predicted molar refractivity (Wildman–Crippen MR) is 44.7 cm³/mol. The molecule has 12 heavy (non-hydrogen) atoms. The van der Waals surface area contributed by atoms with Gasteiger partial charge in [0.2, 0.25) is 0 Å². The van der Waals surface area contributed by atoms with Gasteiger partial charge in [-0.3, -0.25) is 4.79 Å². The molecule has 1 N–H and O–H groups in total. The van der Waals surface area contributed by atoms with E-state index in [9.17, 15) is 4.79 Å². The molecule has 0 spiro atoms. The second kappa shape index (κ2) is 2.73. The van der Waals surface area contributed by atoms with Crippen LogP contribution in [0.15, 0.2) is 0 Å². The molecule has 1 aliphatic heterocycles. The van der Waals surface area contributed by atoms with Crippen molar-refractivity contribution in [3.05, 3.63) is 0 Å². The van der Waals surface area contributed by atoms with Crippen LogP contribution in [0.1, 0.15) is 26.2 Å². The van der Waals surface area contributed by atoms with Crippen LogP contribution in [0.3, 0.4) is 0 Å². The molecule has 3 nitrogen and oxygen atoms in total. The summed E-state index contributed by atoms with van der Waals surface area (Å²) in [6.45, 7) is 3.58. The molecule has 0 amide bonds. The first-order valence-corrected chi connectivity index (χ1v) is 4.60. The third kappa shape index (κ3) is 1.61. The van der Waals surface area contributed by atoms with Crippen LogP contribution in [-0.2, 0) is 9.53 Å². The van der Waals surface area contributed by atoms with E-state index < -0.39 is 0 Å². The maximum atomic E-state index is 11.2. The first-order valence-electron chi connectivity index (χ1n) is 4.60. The minimum atomic E-state index is -0.0608. The van der Waals surface area contributed by atoms with Crippen LogP contribution in [0.4, 0.5) is 0 Å². The summed E-state index contributed by atoms with van der Waals surface area (Å²) in [6.07, 6.45) is 3.47. The molecular weight excluding hydrogens is 154 g/mol. The van der Waals surface area contributed by atoms with Crippen LogP contribution in [0.5, 0.6) is 0 Å². The standard InChI is InChI=1S/C9H15NO2/c1-9(2-3-9)6-7-8(11)12-5-4-10-7/h7,10H,2-6H2,1H3. The number of hydrogen-bond donors (Lipinski definition) is 1. The van der Waals surface area contributed by atoms with E-state index in [-0.39, 0.29) is 12.0 Å². The second-order valence-electron chi connectivity index (χ2n) is 4.19. The maximum Gasteiger partial charge on any atom is 0.323 e. The summed E-state index contributed by atoms with van der Waals surface area (Å²) >= 11 is 0. The monoisotopic (exact) mass is 169 g/mol. The highest BCUT2D eigenvalue weighted by atomic mass is 16.5. The number of carbonyl (C=O) groups excluding carboxylic acids is 1. The quantitative estimate of drug-likeness (QED) is 0.618. The number of ether oxygens (including phenoxy) is 1. The highest BCUT2D eigenvalue weighted by Crippen LogP contribution is 2.49. The lowest BCUT2D eigenvalue weighted by atomic mass is 9.99. The smallest absolute Gasteiger partial charge is 0.323 e. The van der Waals surface area contributed by atoms with Crippen molar-refractivity contribution in [3.8, 4) is 0 Å². The zero-order valence-electron chi connectivity index (χ0n) is 7.43. The fourth-order valence-electron chi connectivity index (χ4n) is 1.63. The van der Waals surface area contributed by atoms with E-state index in [4.69, 9.17) is 4.74 Å². The lowest BCUT2D eigenvalue weighted by Crippen LogP contribution is -2.46. The maximum absolute atomic E-state index is 11.2. The van der Waals surface area contributed by atoms with Gasteiger partial charge in [-0.2, -0.15) is 0 Å². The zero-order valence-corrected chi connectivity index (χ0v) is 7.43. The Morgan fingerprint density at radius 1 is 1.67 bits per heavy atom. The summed E-state index contributed by atoms with van der Waals surface area (Å²) in [5.74, 6) is -0.0608. The number of esters is 1. The Morgan fingerprint density at radius 2 is 2.42 bits per heavy atom. The summed E-state index contributed by atoms with van der Waals surface area (Å²) in [7, 11) is 0. The van der Waals surface area contributed by atoms with Gasteiger partial charge in [0, 0.05) is 6.54 Å². The lowest BCUT2D eigenvalue weighted by Gasteiger charge is -2.24. The van der Waals surface area contributed by atoms with Gasteiger partial charge in [-0.15, -0.1) is 0 Å². The number of nitrogens with one attached hydrogen (secondary N) is 1. The second-order valence-corrected chi connectivity index (χ2v) is 4.19. The Balaban J connectivity index is 1.89. The van der Waals surface area contributed by atoms with Crippen molar-refractivity contribution in [2.24, 2.45) is 5.41 Å². The van der Waals surface area contributed by atoms with Crippen LogP contribution in [0.25, 0.3) is 0 Å². The Kier molecular flexibility index (Phi) is 1.83. The Hall–Kier alpha value is -0.570. The Bertz CT molecular complexity index is 199. The van der Waals surface area contributed by atoms with Gasteiger partial charge in [-0.1, -0.05) is 6.92 Å². The van der Waals surface area contributed by atoms with Gasteiger partial charge in [-0.25, -0.2) is 0 Å². The van der Waals surface area contributed by atoms with E-state index in [1.807, 2.05) is 0 Å². The average molecular weight is 169 g/mol. The average Bonchev–Trinajstić information content (AvgIpc) is 2.74. The normalized spacial score (nSPS) is 32.8. The molecule has 68 valence electrons. The minimum Gasteiger partial charge on any atom is -0.463 e. The molecule has 1 atom stereocenters. The molecule has 1 unspecified atom stereocenters. The number of rotatable bonds is 2. The van der Waals surface area contributed by atoms with Gasteiger partial charge < -0.3 is 10.1 Å². The van der Waals surface area contributed by atoms with Crippen molar-refractivity contribution in [1.29, 1.82) is 0 Å².